The van der Waals surface area contributed by atoms with E-state index in [1.54, 1.807) is 21.8 Å². The lowest BCUT2D eigenvalue weighted by molar-refractivity contribution is 0.0492. The summed E-state index contributed by atoms with van der Waals surface area (Å²) in [6, 6.07) is 2.90. The van der Waals surface area contributed by atoms with Crippen LogP contribution in [0.2, 0.25) is 5.15 Å². The van der Waals surface area contributed by atoms with Gasteiger partial charge in [0.25, 0.3) is 0 Å². The minimum absolute atomic E-state index is 0.106. The molecule has 0 N–H and O–H groups in total. The van der Waals surface area contributed by atoms with E-state index in [0.717, 1.165) is 49.5 Å². The van der Waals surface area contributed by atoms with E-state index in [-0.39, 0.29) is 16.5 Å². The fourth-order valence-electron chi connectivity index (χ4n) is 3.84. The first-order chi connectivity index (χ1) is 18.4. The number of hydrogen-bond acceptors (Lipinski definition) is 6. The van der Waals surface area contributed by atoms with Gasteiger partial charge in [-0.2, -0.15) is 0 Å². The zero-order valence-electron chi connectivity index (χ0n) is 20.9. The van der Waals surface area contributed by atoms with E-state index in [1.165, 1.54) is 25.0 Å². The summed E-state index contributed by atoms with van der Waals surface area (Å²) in [5, 5.41) is 0.276. The van der Waals surface area contributed by atoms with Gasteiger partial charge in [-0.25, -0.2) is 33.5 Å². The highest BCUT2D eigenvalue weighted by Crippen LogP contribution is 2.40. The molecule has 0 saturated heterocycles. The third-order valence-electron chi connectivity index (χ3n) is 6.33. The number of imidazole rings is 2. The number of halogens is 3. The van der Waals surface area contributed by atoms with Crippen molar-refractivity contribution in [2.75, 3.05) is 6.61 Å². The van der Waals surface area contributed by atoms with Crippen molar-refractivity contribution in [1.82, 2.24) is 29.1 Å². The van der Waals surface area contributed by atoms with Gasteiger partial charge >= 0.3 is 5.97 Å². The standard InChI is InChI=1S/C16H18FN3O2.C11H9ClFN3/c1-2-3-6-22-16(21)13-7-15(12(17)8-18-13)20-9-14(19-10-20)11-4-5-11;12-11-3-10(8(13)4-14-11)16-5-9(15-6-16)7-1-2-7/h7-11H,2-6H2,1H3;3-7H,1-2H2. The average Bonchev–Trinajstić information content (AvgIpc) is 3.85. The van der Waals surface area contributed by atoms with Crippen LogP contribution in [0.25, 0.3) is 11.4 Å². The van der Waals surface area contributed by atoms with E-state index in [9.17, 15) is 13.6 Å². The van der Waals surface area contributed by atoms with Gasteiger partial charge in [-0.1, -0.05) is 24.9 Å². The third kappa shape index (κ3) is 6.24. The number of hydrogen-bond donors (Lipinski definition) is 0. The van der Waals surface area contributed by atoms with Gasteiger partial charge in [0.05, 0.1) is 54.4 Å². The number of unbranched alkanes of at least 4 members (excludes halogenated alkanes) is 1. The molecule has 0 aromatic carbocycles. The molecule has 0 aliphatic heterocycles. The number of nitrogens with zero attached hydrogens (tertiary/aromatic N) is 6. The summed E-state index contributed by atoms with van der Waals surface area (Å²) < 4.78 is 35.8. The van der Waals surface area contributed by atoms with Gasteiger partial charge in [0.2, 0.25) is 0 Å². The maximum atomic E-state index is 14.0. The Labute approximate surface area is 223 Å². The molecule has 2 saturated carbocycles. The van der Waals surface area contributed by atoms with Crippen molar-refractivity contribution in [2.24, 2.45) is 0 Å². The highest BCUT2D eigenvalue weighted by Gasteiger charge is 2.27. The molecule has 2 aliphatic carbocycles. The molecule has 11 heteroatoms. The first-order valence-electron chi connectivity index (χ1n) is 12.6. The Balaban J connectivity index is 0.000000162. The summed E-state index contributed by atoms with van der Waals surface area (Å²) in [7, 11) is 0. The Kier molecular flexibility index (Phi) is 7.78. The molecular formula is C27H27ClF2N6O2. The summed E-state index contributed by atoms with van der Waals surface area (Å²) in [5.74, 6) is -0.377. The van der Waals surface area contributed by atoms with E-state index in [0.29, 0.717) is 24.1 Å². The molecule has 0 spiro atoms. The van der Waals surface area contributed by atoms with Crippen molar-refractivity contribution < 1.29 is 18.3 Å². The summed E-state index contributed by atoms with van der Waals surface area (Å²) >= 11 is 5.74. The van der Waals surface area contributed by atoms with Crippen LogP contribution >= 0.6 is 11.6 Å². The van der Waals surface area contributed by atoms with Gasteiger partial charge in [0, 0.05) is 30.3 Å². The van der Waals surface area contributed by atoms with Crippen molar-refractivity contribution in [1.29, 1.82) is 0 Å². The van der Waals surface area contributed by atoms with E-state index in [2.05, 4.69) is 19.9 Å². The fourth-order valence-corrected chi connectivity index (χ4v) is 3.99. The number of aromatic nitrogens is 6. The number of rotatable bonds is 8. The highest BCUT2D eigenvalue weighted by atomic mass is 35.5. The van der Waals surface area contributed by atoms with Crippen molar-refractivity contribution in [2.45, 2.75) is 57.3 Å². The quantitative estimate of drug-likeness (QED) is 0.151. The van der Waals surface area contributed by atoms with Crippen LogP contribution in [-0.4, -0.2) is 41.6 Å². The Morgan fingerprint density at radius 2 is 1.47 bits per heavy atom. The molecule has 6 rings (SSSR count). The largest absolute Gasteiger partial charge is 0.461 e. The molecule has 2 fully saturated rings. The maximum absolute atomic E-state index is 14.0. The molecule has 4 aromatic rings. The van der Waals surface area contributed by atoms with Crippen LogP contribution in [0.5, 0.6) is 0 Å². The molecule has 0 unspecified atom stereocenters. The Morgan fingerprint density at radius 3 is 2.03 bits per heavy atom. The summed E-state index contributed by atoms with van der Waals surface area (Å²) in [6.45, 7) is 2.36. The number of esters is 1. The topological polar surface area (TPSA) is 87.7 Å². The molecule has 0 bridgehead atoms. The van der Waals surface area contributed by atoms with E-state index < -0.39 is 17.6 Å². The summed E-state index contributed by atoms with van der Waals surface area (Å²) in [4.78, 5) is 27.9. The number of pyridine rings is 2. The van der Waals surface area contributed by atoms with Crippen LogP contribution in [0.15, 0.2) is 49.6 Å². The lowest BCUT2D eigenvalue weighted by atomic mass is 10.3. The number of carbonyl (C=O) groups is 1. The lowest BCUT2D eigenvalue weighted by Gasteiger charge is -2.07. The van der Waals surface area contributed by atoms with Crippen LogP contribution in [0.3, 0.4) is 0 Å². The third-order valence-corrected chi connectivity index (χ3v) is 6.54. The lowest BCUT2D eigenvalue weighted by Crippen LogP contribution is -2.10. The van der Waals surface area contributed by atoms with Crippen molar-refractivity contribution >= 4 is 17.6 Å². The number of ether oxygens (including phenoxy) is 1. The second kappa shape index (κ2) is 11.4. The first-order valence-corrected chi connectivity index (χ1v) is 13.0. The van der Waals surface area contributed by atoms with Crippen LogP contribution < -0.4 is 0 Å². The Morgan fingerprint density at radius 1 is 0.921 bits per heavy atom. The van der Waals surface area contributed by atoms with Gasteiger partial charge in [-0.3, -0.25) is 0 Å². The molecule has 198 valence electrons. The van der Waals surface area contributed by atoms with Crippen molar-refractivity contribution in [3.05, 3.63) is 83.4 Å². The second-order valence-corrected chi connectivity index (χ2v) is 9.82. The van der Waals surface area contributed by atoms with Crippen LogP contribution in [0.4, 0.5) is 8.78 Å². The zero-order chi connectivity index (χ0) is 26.6. The first kappa shape index (κ1) is 26.0. The van der Waals surface area contributed by atoms with Gasteiger partial charge in [-0.15, -0.1) is 0 Å². The van der Waals surface area contributed by atoms with Crippen molar-refractivity contribution in [3.8, 4) is 11.4 Å². The van der Waals surface area contributed by atoms with E-state index in [1.807, 2.05) is 19.3 Å². The van der Waals surface area contributed by atoms with Gasteiger partial charge < -0.3 is 13.9 Å². The second-order valence-electron chi connectivity index (χ2n) is 9.43. The minimum atomic E-state index is -0.530. The summed E-state index contributed by atoms with van der Waals surface area (Å²) in [5.41, 5.74) is 2.74. The molecule has 0 radical (unpaired) electrons. The monoisotopic (exact) mass is 540 g/mol. The average molecular weight is 541 g/mol. The zero-order valence-corrected chi connectivity index (χ0v) is 21.6. The highest BCUT2D eigenvalue weighted by molar-refractivity contribution is 6.29. The van der Waals surface area contributed by atoms with Gasteiger partial charge in [-0.05, 0) is 38.2 Å². The predicted octanol–water partition coefficient (Wildman–Crippen LogP) is 6.18. The minimum Gasteiger partial charge on any atom is -0.461 e. The van der Waals surface area contributed by atoms with Crippen LogP contribution in [0.1, 0.15) is 79.2 Å². The van der Waals surface area contributed by atoms with Gasteiger partial charge in [0.15, 0.2) is 17.3 Å². The SMILES string of the molecule is CCCCOC(=O)c1cc(-n2cnc(C3CC3)c2)c(F)cn1.Fc1cnc(Cl)cc1-n1cnc(C2CC2)c1. The molecule has 2 aliphatic rings. The van der Waals surface area contributed by atoms with E-state index >= 15 is 0 Å². The van der Waals surface area contributed by atoms with Crippen LogP contribution in [0, 0.1) is 11.6 Å². The maximum Gasteiger partial charge on any atom is 0.356 e. The van der Waals surface area contributed by atoms with Gasteiger partial charge in [0.1, 0.15) is 5.15 Å². The van der Waals surface area contributed by atoms with Crippen molar-refractivity contribution in [3.63, 3.8) is 0 Å². The molecule has 38 heavy (non-hydrogen) atoms. The molecule has 0 atom stereocenters. The molecule has 4 heterocycles. The van der Waals surface area contributed by atoms with Crippen LogP contribution in [-0.2, 0) is 4.74 Å². The number of carbonyl (C=O) groups excluding carboxylic acids is 1. The normalized spacial score (nSPS) is 14.6. The smallest absolute Gasteiger partial charge is 0.356 e. The Hall–Kier alpha value is -3.66. The molecule has 8 nitrogen and oxygen atoms in total. The Bertz CT molecular complexity index is 1430. The molecule has 0 amide bonds. The molecule has 4 aromatic heterocycles. The predicted molar refractivity (Wildman–Crippen MR) is 137 cm³/mol. The summed E-state index contributed by atoms with van der Waals surface area (Å²) in [6.07, 6.45) is 15.4. The fraction of sp³-hybridized carbons (Fsp3) is 0.370. The molecular weight excluding hydrogens is 514 g/mol. The van der Waals surface area contributed by atoms with E-state index in [4.69, 9.17) is 16.3 Å².